The predicted molar refractivity (Wildman–Crippen MR) is 104 cm³/mol. The first-order valence-electron chi connectivity index (χ1n) is 8.21. The average Bonchev–Trinajstić information content (AvgIpc) is 3.34. The van der Waals surface area contributed by atoms with E-state index in [9.17, 15) is 12.8 Å². The molecular weight excluding hydrogens is 403 g/mol. The number of aryl methyl sites for hydroxylation is 1. The Morgan fingerprint density at radius 1 is 1.25 bits per heavy atom. The van der Waals surface area contributed by atoms with Crippen molar-refractivity contribution in [2.24, 2.45) is 0 Å². The number of aromatic nitrogens is 3. The maximum atomic E-state index is 13.3. The van der Waals surface area contributed by atoms with Crippen molar-refractivity contribution in [3.63, 3.8) is 0 Å². The quantitative estimate of drug-likeness (QED) is 0.512. The summed E-state index contributed by atoms with van der Waals surface area (Å²) in [6.07, 6.45) is 1.55. The second-order valence-electron chi connectivity index (χ2n) is 6.07. The molecule has 0 radical (unpaired) electrons. The Morgan fingerprint density at radius 2 is 2.11 bits per heavy atom. The first-order valence-corrected chi connectivity index (χ1v) is 10.7. The lowest BCUT2D eigenvalue weighted by Gasteiger charge is -2.09. The molecule has 0 saturated carbocycles. The molecule has 0 spiro atoms. The van der Waals surface area contributed by atoms with Crippen LogP contribution in [0.5, 0.6) is 0 Å². The molecule has 144 valence electrons. The Hall–Kier alpha value is -2.98. The predicted octanol–water partition coefficient (Wildman–Crippen LogP) is 3.98. The summed E-state index contributed by atoms with van der Waals surface area (Å²) in [4.78, 5) is 4.46. The van der Waals surface area contributed by atoms with Gasteiger partial charge in [0.25, 0.3) is 0 Å². The van der Waals surface area contributed by atoms with Gasteiger partial charge in [0.15, 0.2) is 5.76 Å². The van der Waals surface area contributed by atoms with Gasteiger partial charge in [-0.3, -0.25) is 4.72 Å². The molecule has 0 aliphatic carbocycles. The van der Waals surface area contributed by atoms with Crippen LogP contribution in [0.3, 0.4) is 0 Å². The van der Waals surface area contributed by atoms with Gasteiger partial charge in [-0.1, -0.05) is 12.1 Å². The van der Waals surface area contributed by atoms with Crippen LogP contribution in [0.4, 0.5) is 10.2 Å². The summed E-state index contributed by atoms with van der Waals surface area (Å²) < 4.78 is 47.7. The number of rotatable bonds is 6. The Bertz CT molecular complexity index is 1210. The molecule has 1 aromatic carbocycles. The lowest BCUT2D eigenvalue weighted by molar-refractivity contribution is 0.580. The number of sulfonamides is 1. The number of anilines is 1. The summed E-state index contributed by atoms with van der Waals surface area (Å²) in [5, 5.41) is 6.62. The van der Waals surface area contributed by atoms with Crippen molar-refractivity contribution in [1.29, 1.82) is 0 Å². The van der Waals surface area contributed by atoms with E-state index in [1.807, 2.05) is 0 Å². The van der Waals surface area contributed by atoms with Gasteiger partial charge in [-0.05, 0) is 36.8 Å². The highest BCUT2D eigenvalue weighted by Crippen LogP contribution is 2.27. The van der Waals surface area contributed by atoms with E-state index in [0.29, 0.717) is 27.8 Å². The van der Waals surface area contributed by atoms with Gasteiger partial charge >= 0.3 is 0 Å². The second kappa shape index (κ2) is 7.21. The highest BCUT2D eigenvalue weighted by atomic mass is 32.2. The number of halogens is 1. The topological polar surface area (TPSA) is 90.0 Å². The zero-order valence-corrected chi connectivity index (χ0v) is 16.3. The zero-order valence-electron chi connectivity index (χ0n) is 14.7. The number of nitrogens with one attached hydrogen (secondary N) is 1. The van der Waals surface area contributed by atoms with E-state index in [1.165, 1.54) is 34.2 Å². The molecule has 0 amide bonds. The van der Waals surface area contributed by atoms with Crippen molar-refractivity contribution in [2.45, 2.75) is 12.7 Å². The molecule has 3 heterocycles. The van der Waals surface area contributed by atoms with E-state index in [4.69, 9.17) is 4.42 Å². The molecule has 0 saturated heterocycles. The largest absolute Gasteiger partial charge is 0.463 e. The third-order valence-electron chi connectivity index (χ3n) is 3.78. The van der Waals surface area contributed by atoms with Gasteiger partial charge in [0.1, 0.15) is 17.3 Å². The average molecular weight is 418 g/mol. The van der Waals surface area contributed by atoms with Crippen molar-refractivity contribution in [3.05, 3.63) is 71.2 Å². The highest BCUT2D eigenvalue weighted by Gasteiger charge is 2.19. The summed E-state index contributed by atoms with van der Waals surface area (Å²) in [5.74, 6) is 0.0283. The zero-order chi connectivity index (χ0) is 19.7. The van der Waals surface area contributed by atoms with E-state index in [0.717, 1.165) is 0 Å². The normalized spacial score (nSPS) is 11.6. The van der Waals surface area contributed by atoms with Crippen LogP contribution in [0.25, 0.3) is 16.6 Å². The van der Waals surface area contributed by atoms with E-state index < -0.39 is 15.8 Å². The molecule has 0 fully saturated rings. The summed E-state index contributed by atoms with van der Waals surface area (Å²) in [6, 6.07) is 10.6. The number of furan rings is 1. The summed E-state index contributed by atoms with van der Waals surface area (Å²) >= 11 is 1.31. The fourth-order valence-corrected chi connectivity index (χ4v) is 4.59. The van der Waals surface area contributed by atoms with Crippen LogP contribution < -0.4 is 4.72 Å². The van der Waals surface area contributed by atoms with Gasteiger partial charge in [-0.15, -0.1) is 11.3 Å². The molecule has 0 bridgehead atoms. The van der Waals surface area contributed by atoms with E-state index in [2.05, 4.69) is 14.8 Å². The molecule has 0 unspecified atom stereocenters. The van der Waals surface area contributed by atoms with Gasteiger partial charge in [0.2, 0.25) is 15.2 Å². The van der Waals surface area contributed by atoms with Crippen LogP contribution in [0.15, 0.2) is 58.5 Å². The van der Waals surface area contributed by atoms with Crippen LogP contribution in [0.2, 0.25) is 0 Å². The van der Waals surface area contributed by atoms with E-state index in [1.54, 1.807) is 42.8 Å². The summed E-state index contributed by atoms with van der Waals surface area (Å²) in [5.41, 5.74) is 1.61. The summed E-state index contributed by atoms with van der Waals surface area (Å²) in [6.45, 7) is 1.75. The van der Waals surface area contributed by atoms with Gasteiger partial charge in [-0.25, -0.2) is 17.8 Å². The Morgan fingerprint density at radius 3 is 2.86 bits per heavy atom. The van der Waals surface area contributed by atoms with E-state index >= 15 is 0 Å². The molecular formula is C18H15FN4O3S2. The maximum absolute atomic E-state index is 13.3. The Kier molecular flexibility index (Phi) is 4.73. The number of hydrogen-bond acceptors (Lipinski definition) is 6. The van der Waals surface area contributed by atoms with Crippen LogP contribution in [0, 0.1) is 12.7 Å². The van der Waals surface area contributed by atoms with Gasteiger partial charge in [0, 0.05) is 11.4 Å². The van der Waals surface area contributed by atoms with Crippen LogP contribution in [-0.4, -0.2) is 23.2 Å². The van der Waals surface area contributed by atoms with Crippen LogP contribution in [0.1, 0.15) is 11.3 Å². The minimum absolute atomic E-state index is 0.259. The van der Waals surface area contributed by atoms with Crippen molar-refractivity contribution in [3.8, 4) is 16.6 Å². The standard InChI is InChI=1S/C18H15FN4O3S2/c1-12-8-17(22-28(24,25)11-13-4-2-5-14(19)9-13)23(21-12)18-20-15(10-27-18)16-6-3-7-26-16/h2-10,22H,11H2,1H3. The first kappa shape index (κ1) is 18.4. The fraction of sp³-hybridized carbons (Fsp3) is 0.111. The molecule has 10 heteroatoms. The van der Waals surface area contributed by atoms with Crippen molar-refractivity contribution in [1.82, 2.24) is 14.8 Å². The Labute approximate surface area is 164 Å². The molecule has 7 nitrogen and oxygen atoms in total. The smallest absolute Gasteiger partial charge is 0.238 e. The number of benzene rings is 1. The molecule has 4 rings (SSSR count). The van der Waals surface area contributed by atoms with Gasteiger partial charge in [-0.2, -0.15) is 9.78 Å². The minimum Gasteiger partial charge on any atom is -0.463 e. The lowest BCUT2D eigenvalue weighted by atomic mass is 10.2. The number of hydrogen-bond donors (Lipinski definition) is 1. The van der Waals surface area contributed by atoms with Crippen LogP contribution in [-0.2, 0) is 15.8 Å². The maximum Gasteiger partial charge on any atom is 0.238 e. The SMILES string of the molecule is Cc1cc(NS(=O)(=O)Cc2cccc(F)c2)n(-c2nc(-c3ccco3)cs2)n1. The number of thiazole rings is 1. The third-order valence-corrected chi connectivity index (χ3v) is 5.83. The van der Waals surface area contributed by atoms with E-state index in [-0.39, 0.29) is 11.6 Å². The van der Waals surface area contributed by atoms with Gasteiger partial charge in [0.05, 0.1) is 17.7 Å². The van der Waals surface area contributed by atoms with Crippen molar-refractivity contribution < 1.29 is 17.2 Å². The third kappa shape index (κ3) is 3.97. The molecule has 0 atom stereocenters. The number of nitrogens with zero attached hydrogens (tertiary/aromatic N) is 3. The van der Waals surface area contributed by atoms with Crippen molar-refractivity contribution >= 4 is 27.2 Å². The minimum atomic E-state index is -3.78. The molecule has 1 N–H and O–H groups in total. The lowest BCUT2D eigenvalue weighted by Crippen LogP contribution is -2.17. The molecule has 3 aromatic heterocycles. The monoisotopic (exact) mass is 418 g/mol. The first-order chi connectivity index (χ1) is 13.4. The second-order valence-corrected chi connectivity index (χ2v) is 8.63. The molecule has 4 aromatic rings. The fourth-order valence-electron chi connectivity index (χ4n) is 2.66. The van der Waals surface area contributed by atoms with Crippen LogP contribution >= 0.6 is 11.3 Å². The van der Waals surface area contributed by atoms with Crippen molar-refractivity contribution in [2.75, 3.05) is 4.72 Å². The summed E-state index contributed by atoms with van der Waals surface area (Å²) in [7, 11) is -3.78. The highest BCUT2D eigenvalue weighted by molar-refractivity contribution is 7.91. The van der Waals surface area contributed by atoms with Gasteiger partial charge < -0.3 is 4.42 Å². The molecule has 0 aliphatic heterocycles. The Balaban J connectivity index is 1.61. The molecule has 0 aliphatic rings. The molecule has 28 heavy (non-hydrogen) atoms.